The van der Waals surface area contributed by atoms with E-state index < -0.39 is 11.6 Å². The van der Waals surface area contributed by atoms with Gasteiger partial charge in [0, 0.05) is 31.8 Å². The first-order valence-electron chi connectivity index (χ1n) is 7.81. The molecule has 126 valence electrons. The maximum atomic E-state index is 13.6. The molecule has 1 aliphatic rings. The Morgan fingerprint density at radius 3 is 2.48 bits per heavy atom. The second-order valence-electron chi connectivity index (χ2n) is 6.19. The summed E-state index contributed by atoms with van der Waals surface area (Å²) in [5.74, 6) is -1.85. The topological polar surface area (TPSA) is 77.8 Å². The van der Waals surface area contributed by atoms with Crippen molar-refractivity contribution in [3.63, 3.8) is 0 Å². The molecule has 1 aromatic carbocycles. The minimum absolute atomic E-state index is 0.0358. The minimum atomic E-state index is -1.73. The van der Waals surface area contributed by atoms with E-state index in [0.29, 0.717) is 18.4 Å². The second kappa shape index (κ2) is 7.08. The average Bonchev–Trinajstić information content (AvgIpc) is 2.53. The molecule has 1 heterocycles. The molecule has 0 aliphatic carbocycles. The van der Waals surface area contributed by atoms with Gasteiger partial charge in [-0.3, -0.25) is 4.79 Å². The van der Waals surface area contributed by atoms with Crippen molar-refractivity contribution in [3.05, 3.63) is 35.6 Å². The summed E-state index contributed by atoms with van der Waals surface area (Å²) in [7, 11) is 0. The van der Waals surface area contributed by atoms with E-state index in [1.54, 1.807) is 30.0 Å². The van der Waals surface area contributed by atoms with Crippen LogP contribution < -0.4 is 0 Å². The Balaban J connectivity index is 1.86. The number of hydrogen-bond acceptors (Lipinski definition) is 3. The van der Waals surface area contributed by atoms with Gasteiger partial charge in [-0.25, -0.2) is 9.18 Å². The zero-order chi connectivity index (χ0) is 17.0. The summed E-state index contributed by atoms with van der Waals surface area (Å²) in [4.78, 5) is 25.0. The van der Waals surface area contributed by atoms with Gasteiger partial charge in [0.1, 0.15) is 5.82 Å². The SMILES string of the molecule is CC(CCc1ccccc1F)C(=O)N1CCC(O)(C(=O)O)CC1. The highest BCUT2D eigenvalue weighted by molar-refractivity contribution is 5.80. The molecular weight excluding hydrogens is 301 g/mol. The second-order valence-corrected chi connectivity index (χ2v) is 6.19. The zero-order valence-electron chi connectivity index (χ0n) is 13.2. The number of aliphatic hydroxyl groups is 1. The van der Waals surface area contributed by atoms with Gasteiger partial charge in [-0.1, -0.05) is 25.1 Å². The van der Waals surface area contributed by atoms with Gasteiger partial charge >= 0.3 is 5.97 Å². The lowest BCUT2D eigenvalue weighted by Crippen LogP contribution is -2.51. The summed E-state index contributed by atoms with van der Waals surface area (Å²) in [6.45, 7) is 2.25. The molecule has 5 nitrogen and oxygen atoms in total. The smallest absolute Gasteiger partial charge is 0.335 e. The van der Waals surface area contributed by atoms with Crippen LogP contribution in [0.3, 0.4) is 0 Å². The molecule has 1 atom stereocenters. The lowest BCUT2D eigenvalue weighted by atomic mass is 9.90. The highest BCUT2D eigenvalue weighted by Crippen LogP contribution is 2.24. The van der Waals surface area contributed by atoms with Crippen LogP contribution in [-0.2, 0) is 16.0 Å². The fraction of sp³-hybridized carbons (Fsp3) is 0.529. The Morgan fingerprint density at radius 2 is 1.91 bits per heavy atom. The van der Waals surface area contributed by atoms with E-state index >= 15 is 0 Å². The third-order valence-corrected chi connectivity index (χ3v) is 4.53. The number of aryl methyl sites for hydroxylation is 1. The largest absolute Gasteiger partial charge is 0.479 e. The number of carbonyl (C=O) groups is 2. The predicted molar refractivity (Wildman–Crippen MR) is 82.3 cm³/mol. The molecule has 0 aromatic heterocycles. The number of benzene rings is 1. The molecule has 1 aromatic rings. The molecular formula is C17H22FNO4. The van der Waals surface area contributed by atoms with Gasteiger partial charge in [-0.2, -0.15) is 0 Å². The molecule has 1 amide bonds. The highest BCUT2D eigenvalue weighted by Gasteiger charge is 2.40. The van der Waals surface area contributed by atoms with Crippen LogP contribution >= 0.6 is 0 Å². The number of hydrogen-bond donors (Lipinski definition) is 2. The number of amides is 1. The third kappa shape index (κ3) is 4.07. The maximum Gasteiger partial charge on any atom is 0.335 e. The van der Waals surface area contributed by atoms with Crippen molar-refractivity contribution in [2.45, 2.75) is 38.2 Å². The Hall–Kier alpha value is -1.95. The van der Waals surface area contributed by atoms with E-state index in [2.05, 4.69) is 0 Å². The summed E-state index contributed by atoms with van der Waals surface area (Å²) in [6, 6.07) is 6.51. The number of likely N-dealkylation sites (tertiary alicyclic amines) is 1. The molecule has 0 radical (unpaired) electrons. The van der Waals surface area contributed by atoms with E-state index in [1.807, 2.05) is 0 Å². The van der Waals surface area contributed by atoms with Crippen LogP contribution in [0.1, 0.15) is 31.7 Å². The number of nitrogens with zero attached hydrogens (tertiary/aromatic N) is 1. The van der Waals surface area contributed by atoms with Gasteiger partial charge < -0.3 is 15.1 Å². The van der Waals surface area contributed by atoms with Gasteiger partial charge in [0.05, 0.1) is 0 Å². The van der Waals surface area contributed by atoms with Crippen LogP contribution in [0, 0.1) is 11.7 Å². The molecule has 0 spiro atoms. The highest BCUT2D eigenvalue weighted by atomic mass is 19.1. The number of carbonyl (C=O) groups excluding carboxylic acids is 1. The average molecular weight is 323 g/mol. The van der Waals surface area contributed by atoms with Gasteiger partial charge in [0.25, 0.3) is 0 Å². The van der Waals surface area contributed by atoms with E-state index in [0.717, 1.165) is 0 Å². The predicted octanol–water partition coefficient (Wildman–Crippen LogP) is 1.83. The van der Waals surface area contributed by atoms with Crippen molar-refractivity contribution >= 4 is 11.9 Å². The summed E-state index contributed by atoms with van der Waals surface area (Å²) in [5, 5.41) is 18.9. The number of carboxylic acid groups (broad SMARTS) is 1. The molecule has 6 heteroatoms. The molecule has 0 bridgehead atoms. The number of carboxylic acids is 1. The fourth-order valence-electron chi connectivity index (χ4n) is 2.82. The Morgan fingerprint density at radius 1 is 1.30 bits per heavy atom. The zero-order valence-corrected chi connectivity index (χ0v) is 13.2. The Bertz CT molecular complexity index is 582. The maximum absolute atomic E-state index is 13.6. The van der Waals surface area contributed by atoms with Crippen LogP contribution in [-0.4, -0.2) is 45.7 Å². The summed E-state index contributed by atoms with van der Waals surface area (Å²) < 4.78 is 13.6. The first-order chi connectivity index (χ1) is 10.8. The number of rotatable bonds is 5. The monoisotopic (exact) mass is 323 g/mol. The lowest BCUT2D eigenvalue weighted by molar-refractivity contribution is -0.165. The molecule has 0 saturated carbocycles. The van der Waals surface area contributed by atoms with E-state index in [9.17, 15) is 19.1 Å². The first kappa shape index (κ1) is 17.4. The van der Waals surface area contributed by atoms with Crippen molar-refractivity contribution < 1.29 is 24.2 Å². The molecule has 2 rings (SSSR count). The quantitative estimate of drug-likeness (QED) is 0.866. The van der Waals surface area contributed by atoms with Crippen LogP contribution in [0.2, 0.25) is 0 Å². The molecule has 23 heavy (non-hydrogen) atoms. The van der Waals surface area contributed by atoms with Gasteiger partial charge in [0.2, 0.25) is 5.91 Å². The van der Waals surface area contributed by atoms with E-state index in [4.69, 9.17) is 5.11 Å². The molecule has 1 aliphatic heterocycles. The Kier molecular flexibility index (Phi) is 5.36. The van der Waals surface area contributed by atoms with Crippen molar-refractivity contribution in [2.24, 2.45) is 5.92 Å². The van der Waals surface area contributed by atoms with E-state index in [1.165, 1.54) is 6.07 Å². The van der Waals surface area contributed by atoms with Crippen LogP contribution in [0.25, 0.3) is 0 Å². The third-order valence-electron chi connectivity index (χ3n) is 4.53. The molecule has 1 saturated heterocycles. The summed E-state index contributed by atoms with van der Waals surface area (Å²) in [6.07, 6.45) is 1.08. The van der Waals surface area contributed by atoms with Gasteiger partial charge in [-0.15, -0.1) is 0 Å². The molecule has 1 fully saturated rings. The van der Waals surface area contributed by atoms with Crippen LogP contribution in [0.5, 0.6) is 0 Å². The van der Waals surface area contributed by atoms with Crippen LogP contribution in [0.4, 0.5) is 4.39 Å². The number of halogens is 1. The standard InChI is InChI=1S/C17H22FNO4/c1-12(6-7-13-4-2-3-5-14(13)18)15(20)19-10-8-17(23,9-11-19)16(21)22/h2-5,12,23H,6-11H2,1H3,(H,21,22). The van der Waals surface area contributed by atoms with Crippen molar-refractivity contribution in [1.82, 2.24) is 4.90 Å². The van der Waals surface area contributed by atoms with Crippen LogP contribution in [0.15, 0.2) is 24.3 Å². The number of piperidine rings is 1. The van der Waals surface area contributed by atoms with Crippen molar-refractivity contribution in [1.29, 1.82) is 0 Å². The van der Waals surface area contributed by atoms with Crippen molar-refractivity contribution in [3.8, 4) is 0 Å². The fourth-order valence-corrected chi connectivity index (χ4v) is 2.82. The van der Waals surface area contributed by atoms with Crippen molar-refractivity contribution in [2.75, 3.05) is 13.1 Å². The molecule has 2 N–H and O–H groups in total. The van der Waals surface area contributed by atoms with E-state index in [-0.39, 0.29) is 43.6 Å². The lowest BCUT2D eigenvalue weighted by Gasteiger charge is -2.36. The summed E-state index contributed by atoms with van der Waals surface area (Å²) in [5.41, 5.74) is -1.14. The molecule has 1 unspecified atom stereocenters. The summed E-state index contributed by atoms with van der Waals surface area (Å²) >= 11 is 0. The Labute approximate surface area is 134 Å². The van der Waals surface area contributed by atoms with Gasteiger partial charge in [0.15, 0.2) is 5.60 Å². The normalized spacial score (nSPS) is 18.5. The minimum Gasteiger partial charge on any atom is -0.479 e. The van der Waals surface area contributed by atoms with Gasteiger partial charge in [-0.05, 0) is 24.5 Å². The first-order valence-corrected chi connectivity index (χ1v) is 7.81. The number of aliphatic carboxylic acids is 1.